The van der Waals surface area contributed by atoms with E-state index in [9.17, 15) is 4.79 Å². The average Bonchev–Trinajstić information content (AvgIpc) is 3.04. The van der Waals surface area contributed by atoms with Crippen LogP contribution in [0.2, 0.25) is 0 Å². The van der Waals surface area contributed by atoms with Gasteiger partial charge in [-0.15, -0.1) is 10.2 Å². The number of amides is 1. The Morgan fingerprint density at radius 1 is 1.43 bits per heavy atom. The lowest BCUT2D eigenvalue weighted by Crippen LogP contribution is -2.15. The van der Waals surface area contributed by atoms with Gasteiger partial charge in [-0.25, -0.2) is 0 Å². The SMILES string of the molecule is CC(C)c1cc(NC(=O)CSc2nncn2C(C)C)n[nH]1. The Morgan fingerprint density at radius 3 is 2.81 bits per heavy atom. The van der Waals surface area contributed by atoms with E-state index in [1.807, 2.05) is 24.5 Å². The Labute approximate surface area is 127 Å². The van der Waals surface area contributed by atoms with Crippen molar-refractivity contribution in [2.45, 2.75) is 44.8 Å². The first-order valence-corrected chi connectivity index (χ1v) is 7.83. The number of thioether (sulfide) groups is 1. The number of hydrogen-bond acceptors (Lipinski definition) is 5. The van der Waals surface area contributed by atoms with Gasteiger partial charge in [-0.1, -0.05) is 25.6 Å². The molecule has 2 N–H and O–H groups in total. The lowest BCUT2D eigenvalue weighted by atomic mass is 10.1. The third-order valence-corrected chi connectivity index (χ3v) is 3.87. The molecular weight excluding hydrogens is 288 g/mol. The molecule has 1 amide bonds. The fraction of sp³-hybridized carbons (Fsp3) is 0.538. The minimum atomic E-state index is -0.111. The van der Waals surface area contributed by atoms with Gasteiger partial charge in [-0.2, -0.15) is 5.10 Å². The number of nitrogens with zero attached hydrogens (tertiary/aromatic N) is 4. The van der Waals surface area contributed by atoms with E-state index in [1.54, 1.807) is 6.33 Å². The van der Waals surface area contributed by atoms with E-state index in [1.165, 1.54) is 11.8 Å². The van der Waals surface area contributed by atoms with Gasteiger partial charge in [0, 0.05) is 17.8 Å². The number of anilines is 1. The highest BCUT2D eigenvalue weighted by molar-refractivity contribution is 7.99. The van der Waals surface area contributed by atoms with Gasteiger partial charge < -0.3 is 9.88 Å². The van der Waals surface area contributed by atoms with Crippen LogP contribution < -0.4 is 5.32 Å². The number of hydrogen-bond donors (Lipinski definition) is 2. The zero-order chi connectivity index (χ0) is 15.4. The minimum Gasteiger partial charge on any atom is -0.308 e. The highest BCUT2D eigenvalue weighted by atomic mass is 32.2. The Kier molecular flexibility index (Phi) is 5.00. The van der Waals surface area contributed by atoms with Crippen molar-refractivity contribution in [2.75, 3.05) is 11.1 Å². The molecule has 8 heteroatoms. The van der Waals surface area contributed by atoms with E-state index in [-0.39, 0.29) is 17.7 Å². The van der Waals surface area contributed by atoms with Gasteiger partial charge in [0.05, 0.1) is 5.75 Å². The van der Waals surface area contributed by atoms with Gasteiger partial charge in [0.15, 0.2) is 11.0 Å². The molecule has 0 saturated heterocycles. The van der Waals surface area contributed by atoms with Gasteiger partial charge in [0.25, 0.3) is 0 Å². The number of nitrogens with one attached hydrogen (secondary N) is 2. The van der Waals surface area contributed by atoms with Crippen LogP contribution in [0.15, 0.2) is 17.6 Å². The summed E-state index contributed by atoms with van der Waals surface area (Å²) >= 11 is 1.36. The lowest BCUT2D eigenvalue weighted by Gasteiger charge is -2.08. The fourth-order valence-corrected chi connectivity index (χ4v) is 2.54. The second-order valence-corrected chi connectivity index (χ2v) is 6.26. The fourth-order valence-electron chi connectivity index (χ4n) is 1.69. The zero-order valence-electron chi connectivity index (χ0n) is 12.6. The topological polar surface area (TPSA) is 88.5 Å². The number of aromatic amines is 1. The smallest absolute Gasteiger partial charge is 0.236 e. The van der Waals surface area contributed by atoms with Crippen molar-refractivity contribution in [1.29, 1.82) is 0 Å². The van der Waals surface area contributed by atoms with Crippen LogP contribution in [0.4, 0.5) is 5.82 Å². The summed E-state index contributed by atoms with van der Waals surface area (Å²) in [5.41, 5.74) is 0.998. The summed E-state index contributed by atoms with van der Waals surface area (Å²) in [4.78, 5) is 11.9. The highest BCUT2D eigenvalue weighted by Crippen LogP contribution is 2.19. The Hall–Kier alpha value is -1.83. The van der Waals surface area contributed by atoms with Crippen molar-refractivity contribution in [2.24, 2.45) is 0 Å². The number of carbonyl (C=O) groups is 1. The summed E-state index contributed by atoms with van der Waals surface area (Å²) in [5.74, 6) is 1.06. The van der Waals surface area contributed by atoms with Crippen LogP contribution in [0, 0.1) is 0 Å². The molecule has 0 bridgehead atoms. The Morgan fingerprint density at radius 2 is 2.19 bits per heavy atom. The van der Waals surface area contributed by atoms with E-state index in [2.05, 4.69) is 39.6 Å². The second kappa shape index (κ2) is 6.75. The molecule has 0 fully saturated rings. The van der Waals surface area contributed by atoms with Gasteiger partial charge >= 0.3 is 0 Å². The predicted molar refractivity (Wildman–Crippen MR) is 82.4 cm³/mol. The van der Waals surface area contributed by atoms with Gasteiger partial charge in [-0.05, 0) is 19.8 Å². The van der Waals surface area contributed by atoms with Crippen LogP contribution in [-0.4, -0.2) is 36.6 Å². The van der Waals surface area contributed by atoms with E-state index in [4.69, 9.17) is 0 Å². The maximum atomic E-state index is 11.9. The maximum absolute atomic E-state index is 11.9. The molecule has 114 valence electrons. The number of aromatic nitrogens is 5. The van der Waals surface area contributed by atoms with Crippen LogP contribution in [0.3, 0.4) is 0 Å². The van der Waals surface area contributed by atoms with E-state index in [0.29, 0.717) is 11.7 Å². The van der Waals surface area contributed by atoms with Crippen LogP contribution in [-0.2, 0) is 4.79 Å². The summed E-state index contributed by atoms with van der Waals surface area (Å²) in [6.07, 6.45) is 1.67. The summed E-state index contributed by atoms with van der Waals surface area (Å²) in [5, 5.41) is 18.4. The van der Waals surface area contributed by atoms with Crippen molar-refractivity contribution in [3.63, 3.8) is 0 Å². The monoisotopic (exact) mass is 308 g/mol. The Bertz CT molecular complexity index is 603. The summed E-state index contributed by atoms with van der Waals surface area (Å²) < 4.78 is 1.93. The molecule has 0 aliphatic carbocycles. The quantitative estimate of drug-likeness (QED) is 0.800. The van der Waals surface area contributed by atoms with Crippen LogP contribution in [0.5, 0.6) is 0 Å². The van der Waals surface area contributed by atoms with Gasteiger partial charge in [0.1, 0.15) is 6.33 Å². The Balaban J connectivity index is 1.88. The first-order valence-electron chi connectivity index (χ1n) is 6.84. The molecule has 2 heterocycles. The molecule has 21 heavy (non-hydrogen) atoms. The molecule has 0 aliphatic heterocycles. The third kappa shape index (κ3) is 4.07. The molecule has 2 aromatic rings. The van der Waals surface area contributed by atoms with Crippen molar-refractivity contribution in [3.05, 3.63) is 18.1 Å². The molecule has 0 aromatic carbocycles. The largest absolute Gasteiger partial charge is 0.308 e. The van der Waals surface area contributed by atoms with E-state index < -0.39 is 0 Å². The van der Waals surface area contributed by atoms with Gasteiger partial charge in [-0.3, -0.25) is 9.89 Å². The maximum Gasteiger partial charge on any atom is 0.236 e. The first-order chi connectivity index (χ1) is 9.97. The number of carbonyl (C=O) groups excluding carboxylic acids is 1. The van der Waals surface area contributed by atoms with Crippen LogP contribution in [0.1, 0.15) is 45.3 Å². The summed E-state index contributed by atoms with van der Waals surface area (Å²) in [6, 6.07) is 2.12. The van der Waals surface area contributed by atoms with Crippen molar-refractivity contribution < 1.29 is 4.79 Å². The summed E-state index contributed by atoms with van der Waals surface area (Å²) in [6.45, 7) is 8.22. The van der Waals surface area contributed by atoms with E-state index >= 15 is 0 Å². The molecule has 0 radical (unpaired) electrons. The second-order valence-electron chi connectivity index (χ2n) is 5.31. The molecule has 2 aromatic heterocycles. The van der Waals surface area contributed by atoms with Crippen LogP contribution >= 0.6 is 11.8 Å². The molecular formula is C13H20N6OS. The van der Waals surface area contributed by atoms with E-state index in [0.717, 1.165) is 10.9 Å². The van der Waals surface area contributed by atoms with Crippen molar-refractivity contribution >= 4 is 23.5 Å². The number of H-pyrrole nitrogens is 1. The zero-order valence-corrected chi connectivity index (χ0v) is 13.4. The predicted octanol–water partition coefficient (Wildman–Crippen LogP) is 2.44. The number of rotatable bonds is 6. The molecule has 0 spiro atoms. The minimum absolute atomic E-state index is 0.111. The summed E-state index contributed by atoms with van der Waals surface area (Å²) in [7, 11) is 0. The lowest BCUT2D eigenvalue weighted by molar-refractivity contribution is -0.113. The van der Waals surface area contributed by atoms with Crippen molar-refractivity contribution in [3.8, 4) is 0 Å². The van der Waals surface area contributed by atoms with Gasteiger partial charge in [0.2, 0.25) is 5.91 Å². The van der Waals surface area contributed by atoms with Crippen LogP contribution in [0.25, 0.3) is 0 Å². The molecule has 0 aliphatic rings. The molecule has 0 atom stereocenters. The third-order valence-electron chi connectivity index (χ3n) is 2.92. The average molecular weight is 308 g/mol. The normalized spacial score (nSPS) is 11.3. The molecule has 7 nitrogen and oxygen atoms in total. The molecule has 0 unspecified atom stereocenters. The standard InChI is InChI=1S/C13H20N6OS/c1-8(2)10-5-11(17-16-10)15-12(20)6-21-13-18-14-7-19(13)9(3)4/h5,7-9H,6H2,1-4H3,(H2,15,16,17,20). The molecule has 2 rings (SSSR count). The molecule has 0 saturated carbocycles. The first kappa shape index (κ1) is 15.6. The highest BCUT2D eigenvalue weighted by Gasteiger charge is 2.12. The van der Waals surface area contributed by atoms with Crippen molar-refractivity contribution in [1.82, 2.24) is 25.0 Å².